The molecule has 3 aromatic rings. The van der Waals surface area contributed by atoms with Gasteiger partial charge in [-0.05, 0) is 12.5 Å². The molecule has 0 aliphatic heterocycles. The summed E-state index contributed by atoms with van der Waals surface area (Å²) < 4.78 is 5.39. The number of hydrogen-bond acceptors (Lipinski definition) is 4. The summed E-state index contributed by atoms with van der Waals surface area (Å²) in [5, 5.41) is 10.6. The van der Waals surface area contributed by atoms with Crippen molar-refractivity contribution in [3.05, 3.63) is 76.6 Å². The number of aromatic hydroxyl groups is 1. The van der Waals surface area contributed by atoms with Gasteiger partial charge in [0, 0.05) is 5.56 Å². The summed E-state index contributed by atoms with van der Waals surface area (Å²) in [5.74, 6) is -0.638. The van der Waals surface area contributed by atoms with Crippen LogP contribution in [0.15, 0.2) is 69.9 Å². The van der Waals surface area contributed by atoms with Crippen LogP contribution in [0.3, 0.4) is 0 Å². The fraction of sp³-hybridized carbons (Fsp3) is 0.0526. The maximum atomic E-state index is 12.4. The minimum absolute atomic E-state index is 0.00418. The van der Waals surface area contributed by atoms with Gasteiger partial charge in [-0.15, -0.1) is 0 Å². The van der Waals surface area contributed by atoms with Gasteiger partial charge in [0.15, 0.2) is 11.5 Å². The number of ketones is 1. The van der Waals surface area contributed by atoms with Crippen LogP contribution in [0.2, 0.25) is 0 Å². The van der Waals surface area contributed by atoms with Gasteiger partial charge in [-0.3, -0.25) is 4.79 Å². The van der Waals surface area contributed by atoms with Crippen LogP contribution >= 0.6 is 0 Å². The van der Waals surface area contributed by atoms with Crippen molar-refractivity contribution in [2.75, 3.05) is 0 Å². The van der Waals surface area contributed by atoms with Gasteiger partial charge < -0.3 is 9.52 Å². The van der Waals surface area contributed by atoms with Crippen LogP contribution in [0.25, 0.3) is 22.5 Å². The van der Waals surface area contributed by atoms with Crippen molar-refractivity contribution in [2.24, 2.45) is 0 Å². The summed E-state index contributed by atoms with van der Waals surface area (Å²) in [5.41, 5.74) is 0.383. The molecule has 0 saturated carbocycles. The summed E-state index contributed by atoms with van der Waals surface area (Å²) in [6.45, 7) is 1.33. The van der Waals surface area contributed by atoms with E-state index in [9.17, 15) is 14.7 Å². The van der Waals surface area contributed by atoms with Crippen LogP contribution in [0.4, 0.5) is 0 Å². The Morgan fingerprint density at radius 1 is 0.913 bits per heavy atom. The minimum Gasteiger partial charge on any atom is -0.506 e. The summed E-state index contributed by atoms with van der Waals surface area (Å²) in [4.78, 5) is 24.4. The molecule has 1 N–H and O–H groups in total. The fourth-order valence-electron chi connectivity index (χ4n) is 2.50. The largest absolute Gasteiger partial charge is 0.506 e. The quantitative estimate of drug-likeness (QED) is 0.746. The number of carbonyl (C=O) groups excluding carboxylic acids is 1. The molecule has 0 unspecified atom stereocenters. The summed E-state index contributed by atoms with van der Waals surface area (Å²) in [6, 6.07) is 17.4. The molecule has 0 saturated heterocycles. The zero-order chi connectivity index (χ0) is 16.4. The Morgan fingerprint density at radius 3 is 1.96 bits per heavy atom. The van der Waals surface area contributed by atoms with Crippen LogP contribution < -0.4 is 5.63 Å². The highest BCUT2D eigenvalue weighted by Gasteiger charge is 2.24. The number of rotatable bonds is 3. The first kappa shape index (κ1) is 14.8. The maximum absolute atomic E-state index is 12.4. The van der Waals surface area contributed by atoms with Gasteiger partial charge >= 0.3 is 5.63 Å². The molecule has 0 aliphatic rings. The van der Waals surface area contributed by atoms with E-state index in [4.69, 9.17) is 4.42 Å². The van der Waals surface area contributed by atoms with Crippen molar-refractivity contribution < 1.29 is 14.3 Å². The standard InChI is InChI=1S/C19H14O4/c1-12(20)15-17(21)16(13-8-4-2-5-9-13)19(22)23-18(15)14-10-6-3-7-11-14/h2-11,21H,1H3. The first-order valence-electron chi connectivity index (χ1n) is 7.11. The Kier molecular flexibility index (Phi) is 3.81. The average molecular weight is 306 g/mol. The zero-order valence-corrected chi connectivity index (χ0v) is 12.4. The van der Waals surface area contributed by atoms with Gasteiger partial charge in [0.25, 0.3) is 0 Å². The Morgan fingerprint density at radius 2 is 1.43 bits per heavy atom. The van der Waals surface area contributed by atoms with Gasteiger partial charge in [0.1, 0.15) is 16.9 Å². The molecule has 1 aromatic heterocycles. The molecule has 0 radical (unpaired) electrons. The van der Waals surface area contributed by atoms with Gasteiger partial charge in [-0.2, -0.15) is 0 Å². The van der Waals surface area contributed by atoms with E-state index in [1.165, 1.54) is 6.92 Å². The second kappa shape index (κ2) is 5.93. The van der Waals surface area contributed by atoms with E-state index in [-0.39, 0.29) is 28.4 Å². The number of hydrogen-bond donors (Lipinski definition) is 1. The van der Waals surface area contributed by atoms with Gasteiger partial charge in [0.05, 0.1) is 0 Å². The highest BCUT2D eigenvalue weighted by Crippen LogP contribution is 2.35. The average Bonchev–Trinajstić information content (AvgIpc) is 2.55. The van der Waals surface area contributed by atoms with Crippen LogP contribution in [-0.2, 0) is 0 Å². The molecule has 0 bridgehead atoms. The first-order chi connectivity index (χ1) is 11.1. The lowest BCUT2D eigenvalue weighted by atomic mass is 9.98. The molecule has 0 spiro atoms. The Balaban J connectivity index is 2.34. The SMILES string of the molecule is CC(=O)c1c(-c2ccccc2)oc(=O)c(-c2ccccc2)c1O. The third-order valence-electron chi connectivity index (χ3n) is 3.55. The number of carbonyl (C=O) groups is 1. The van der Waals surface area contributed by atoms with Crippen LogP contribution in [0.5, 0.6) is 5.75 Å². The Labute approximate surface area is 132 Å². The van der Waals surface area contributed by atoms with E-state index in [0.717, 1.165) is 0 Å². The van der Waals surface area contributed by atoms with E-state index in [0.29, 0.717) is 11.1 Å². The van der Waals surface area contributed by atoms with Crippen molar-refractivity contribution >= 4 is 5.78 Å². The topological polar surface area (TPSA) is 67.5 Å². The smallest absolute Gasteiger partial charge is 0.348 e. The number of benzene rings is 2. The highest BCUT2D eigenvalue weighted by molar-refractivity contribution is 6.03. The highest BCUT2D eigenvalue weighted by atomic mass is 16.4. The molecule has 0 fully saturated rings. The summed E-state index contributed by atoms with van der Waals surface area (Å²) in [6.07, 6.45) is 0. The summed E-state index contributed by atoms with van der Waals surface area (Å²) in [7, 11) is 0. The molecule has 114 valence electrons. The van der Waals surface area contributed by atoms with Gasteiger partial charge in [0.2, 0.25) is 0 Å². The van der Waals surface area contributed by atoms with Crippen LogP contribution in [-0.4, -0.2) is 10.9 Å². The second-order valence-corrected chi connectivity index (χ2v) is 5.11. The normalized spacial score (nSPS) is 10.5. The molecule has 23 heavy (non-hydrogen) atoms. The van der Waals surface area contributed by atoms with E-state index in [1.807, 2.05) is 6.07 Å². The van der Waals surface area contributed by atoms with E-state index >= 15 is 0 Å². The molecule has 2 aromatic carbocycles. The molecule has 0 aliphatic carbocycles. The second-order valence-electron chi connectivity index (χ2n) is 5.11. The monoisotopic (exact) mass is 306 g/mol. The zero-order valence-electron chi connectivity index (χ0n) is 12.4. The van der Waals surface area contributed by atoms with Crippen LogP contribution in [0, 0.1) is 0 Å². The molecule has 0 amide bonds. The molecular formula is C19H14O4. The predicted octanol–water partition coefficient (Wildman–Crippen LogP) is 3.88. The molecule has 1 heterocycles. The van der Waals surface area contributed by atoms with Crippen molar-refractivity contribution in [1.82, 2.24) is 0 Å². The molecule has 4 nitrogen and oxygen atoms in total. The Bertz CT molecular complexity index is 909. The van der Waals surface area contributed by atoms with E-state index in [2.05, 4.69) is 0 Å². The number of Topliss-reactive ketones (excluding diaryl/α,β-unsaturated/α-hetero) is 1. The maximum Gasteiger partial charge on any atom is 0.348 e. The summed E-state index contributed by atoms with van der Waals surface area (Å²) >= 11 is 0. The van der Waals surface area contributed by atoms with Gasteiger partial charge in [-0.1, -0.05) is 60.7 Å². The minimum atomic E-state index is -0.683. The first-order valence-corrected chi connectivity index (χ1v) is 7.11. The fourth-order valence-corrected chi connectivity index (χ4v) is 2.50. The third-order valence-corrected chi connectivity index (χ3v) is 3.55. The van der Waals surface area contributed by atoms with Crippen molar-refractivity contribution in [3.63, 3.8) is 0 Å². The molecule has 4 heteroatoms. The van der Waals surface area contributed by atoms with E-state index in [1.54, 1.807) is 54.6 Å². The van der Waals surface area contributed by atoms with E-state index < -0.39 is 5.63 Å². The molecule has 0 atom stereocenters. The lowest BCUT2D eigenvalue weighted by Crippen LogP contribution is -2.09. The van der Waals surface area contributed by atoms with Crippen molar-refractivity contribution in [2.45, 2.75) is 6.92 Å². The molecule has 3 rings (SSSR count). The lowest BCUT2D eigenvalue weighted by molar-refractivity contribution is 0.101. The van der Waals surface area contributed by atoms with Crippen molar-refractivity contribution in [1.29, 1.82) is 0 Å². The lowest BCUT2D eigenvalue weighted by Gasteiger charge is -2.11. The third kappa shape index (κ3) is 2.66. The predicted molar refractivity (Wildman–Crippen MR) is 87.5 cm³/mol. The van der Waals surface area contributed by atoms with Gasteiger partial charge in [-0.25, -0.2) is 4.79 Å². The molecular weight excluding hydrogens is 292 g/mol. The van der Waals surface area contributed by atoms with Crippen LogP contribution in [0.1, 0.15) is 17.3 Å². The van der Waals surface area contributed by atoms with Crippen molar-refractivity contribution in [3.8, 4) is 28.2 Å². The Hall–Kier alpha value is -3.14.